The zero-order valence-electron chi connectivity index (χ0n) is 11.5. The van der Waals surface area contributed by atoms with Crippen molar-refractivity contribution < 1.29 is 0 Å². The van der Waals surface area contributed by atoms with E-state index in [1.165, 1.54) is 24.0 Å². The van der Waals surface area contributed by atoms with Crippen LogP contribution in [0.4, 0.5) is 0 Å². The number of thiazole rings is 1. The molecule has 0 spiro atoms. The molecule has 100 valence electrons. The summed E-state index contributed by atoms with van der Waals surface area (Å²) in [5.41, 5.74) is 2.78. The number of benzene rings is 1. The fraction of sp³-hybridized carbons (Fsp3) is 0.438. The minimum absolute atomic E-state index is 0.0661. The van der Waals surface area contributed by atoms with E-state index in [0.29, 0.717) is 0 Å². The van der Waals surface area contributed by atoms with Gasteiger partial charge in [-0.3, -0.25) is 0 Å². The summed E-state index contributed by atoms with van der Waals surface area (Å²) >= 11 is 1.71. The number of hydrogen-bond donors (Lipinski definition) is 1. The number of nitrogens with zero attached hydrogens (tertiary/aromatic N) is 1. The number of rotatable bonds is 5. The highest BCUT2D eigenvalue weighted by atomic mass is 32.1. The van der Waals surface area contributed by atoms with Crippen molar-refractivity contribution in [3.05, 3.63) is 52.0 Å². The van der Waals surface area contributed by atoms with Crippen molar-refractivity contribution in [3.8, 4) is 0 Å². The lowest BCUT2D eigenvalue weighted by Gasteiger charge is -2.24. The van der Waals surface area contributed by atoms with Crippen molar-refractivity contribution >= 4 is 11.3 Å². The highest BCUT2D eigenvalue weighted by molar-refractivity contribution is 7.09. The Morgan fingerprint density at radius 1 is 1.26 bits per heavy atom. The smallest absolute Gasteiger partial charge is 0.112 e. The Balaban J connectivity index is 1.62. The lowest BCUT2D eigenvalue weighted by Crippen LogP contribution is -2.35. The number of aromatic nitrogens is 1. The average molecular weight is 272 g/mol. The number of hydrogen-bond acceptors (Lipinski definition) is 3. The van der Waals surface area contributed by atoms with E-state index < -0.39 is 0 Å². The van der Waals surface area contributed by atoms with Gasteiger partial charge in [0.25, 0.3) is 0 Å². The van der Waals surface area contributed by atoms with Crippen molar-refractivity contribution in [2.45, 2.75) is 44.7 Å². The summed E-state index contributed by atoms with van der Waals surface area (Å²) in [6.07, 6.45) is 4.61. The van der Waals surface area contributed by atoms with E-state index in [9.17, 15) is 0 Å². The Bertz CT molecular complexity index is 524. The molecule has 3 rings (SSSR count). The van der Waals surface area contributed by atoms with Crippen LogP contribution in [0.5, 0.6) is 0 Å². The van der Waals surface area contributed by atoms with Crippen molar-refractivity contribution in [2.75, 3.05) is 0 Å². The zero-order chi connectivity index (χ0) is 13.3. The molecule has 19 heavy (non-hydrogen) atoms. The van der Waals surface area contributed by atoms with Gasteiger partial charge in [-0.1, -0.05) is 24.3 Å². The molecule has 1 fully saturated rings. The molecule has 0 bridgehead atoms. The van der Waals surface area contributed by atoms with Gasteiger partial charge in [-0.25, -0.2) is 4.98 Å². The van der Waals surface area contributed by atoms with Crippen molar-refractivity contribution in [2.24, 2.45) is 0 Å². The predicted octanol–water partition coefficient (Wildman–Crippen LogP) is 4.05. The second-order valence-electron chi connectivity index (χ2n) is 5.83. The first-order valence-electron chi connectivity index (χ1n) is 6.89. The van der Waals surface area contributed by atoms with Gasteiger partial charge in [-0.2, -0.15) is 0 Å². The quantitative estimate of drug-likeness (QED) is 0.888. The first-order valence-corrected chi connectivity index (χ1v) is 7.77. The first-order chi connectivity index (χ1) is 9.15. The molecular weight excluding hydrogens is 252 g/mol. The average Bonchev–Trinajstić information content (AvgIpc) is 3.11. The third-order valence-corrected chi connectivity index (χ3v) is 4.83. The second kappa shape index (κ2) is 5.06. The minimum atomic E-state index is -0.0661. The van der Waals surface area contributed by atoms with Gasteiger partial charge in [0, 0.05) is 18.1 Å². The molecule has 3 heteroatoms. The van der Waals surface area contributed by atoms with Gasteiger partial charge in [0.2, 0.25) is 0 Å². The van der Waals surface area contributed by atoms with Crippen molar-refractivity contribution in [1.82, 2.24) is 10.3 Å². The number of nitrogens with one attached hydrogen (secondary N) is 1. The molecule has 0 unspecified atom stereocenters. The molecule has 1 aliphatic carbocycles. The summed E-state index contributed by atoms with van der Waals surface area (Å²) < 4.78 is 0. The molecule has 0 saturated heterocycles. The molecular formula is C16H20N2S. The summed E-state index contributed by atoms with van der Waals surface area (Å²) in [7, 11) is 0. The van der Waals surface area contributed by atoms with Crippen LogP contribution in [0.2, 0.25) is 0 Å². The van der Waals surface area contributed by atoms with Crippen LogP contribution in [0.3, 0.4) is 0 Å². The van der Waals surface area contributed by atoms with Gasteiger partial charge < -0.3 is 5.32 Å². The van der Waals surface area contributed by atoms with Crippen molar-refractivity contribution in [1.29, 1.82) is 0 Å². The Morgan fingerprint density at radius 2 is 2.00 bits per heavy atom. The normalized spacial score (nSPS) is 15.7. The highest BCUT2D eigenvalue weighted by Crippen LogP contribution is 2.39. The van der Waals surface area contributed by atoms with Gasteiger partial charge in [0.1, 0.15) is 5.01 Å². The van der Waals surface area contributed by atoms with Gasteiger partial charge in [0.15, 0.2) is 0 Å². The molecule has 1 aromatic carbocycles. The summed E-state index contributed by atoms with van der Waals surface area (Å²) in [6.45, 7) is 5.26. The second-order valence-corrected chi connectivity index (χ2v) is 6.73. The fourth-order valence-corrected chi connectivity index (χ4v) is 2.99. The van der Waals surface area contributed by atoms with Gasteiger partial charge in [-0.05, 0) is 43.7 Å². The Hall–Kier alpha value is -1.19. The zero-order valence-corrected chi connectivity index (χ0v) is 12.3. The minimum Gasteiger partial charge on any atom is -0.302 e. The topological polar surface area (TPSA) is 24.9 Å². The van der Waals surface area contributed by atoms with E-state index >= 15 is 0 Å². The summed E-state index contributed by atoms with van der Waals surface area (Å²) in [4.78, 5) is 4.40. The van der Waals surface area contributed by atoms with E-state index in [0.717, 1.165) is 17.5 Å². The monoisotopic (exact) mass is 272 g/mol. The fourth-order valence-electron chi connectivity index (χ4n) is 2.26. The standard InChI is InChI=1S/C16H20N2S/c1-16(2,15-17-9-10-19-15)18-11-12-3-5-13(6-4-12)14-7-8-14/h3-6,9-10,14,18H,7-8,11H2,1-2H3. The van der Waals surface area contributed by atoms with Crippen LogP contribution in [0, 0.1) is 0 Å². The lowest BCUT2D eigenvalue weighted by molar-refractivity contribution is 0.399. The summed E-state index contributed by atoms with van der Waals surface area (Å²) in [5, 5.41) is 6.76. The van der Waals surface area contributed by atoms with Gasteiger partial charge >= 0.3 is 0 Å². The summed E-state index contributed by atoms with van der Waals surface area (Å²) in [5.74, 6) is 0.841. The summed E-state index contributed by atoms with van der Waals surface area (Å²) in [6, 6.07) is 9.06. The van der Waals surface area contributed by atoms with Gasteiger partial charge in [0.05, 0.1) is 5.54 Å². The van der Waals surface area contributed by atoms with Crippen LogP contribution < -0.4 is 5.32 Å². The Kier molecular flexibility index (Phi) is 3.42. The molecule has 0 amide bonds. The van der Waals surface area contributed by atoms with E-state index in [2.05, 4.69) is 48.4 Å². The van der Waals surface area contributed by atoms with Crippen LogP contribution in [-0.4, -0.2) is 4.98 Å². The van der Waals surface area contributed by atoms with Crippen LogP contribution in [0.25, 0.3) is 0 Å². The maximum absolute atomic E-state index is 4.40. The molecule has 0 radical (unpaired) electrons. The lowest BCUT2D eigenvalue weighted by atomic mass is 10.0. The van der Waals surface area contributed by atoms with E-state index in [4.69, 9.17) is 0 Å². The Labute approximate surface area is 118 Å². The highest BCUT2D eigenvalue weighted by Gasteiger charge is 2.24. The molecule has 1 saturated carbocycles. The van der Waals surface area contributed by atoms with Crippen molar-refractivity contribution in [3.63, 3.8) is 0 Å². The van der Waals surface area contributed by atoms with E-state index in [1.807, 2.05) is 11.6 Å². The molecule has 1 aromatic heterocycles. The predicted molar refractivity (Wildman–Crippen MR) is 80.4 cm³/mol. The Morgan fingerprint density at radius 3 is 2.58 bits per heavy atom. The SMILES string of the molecule is CC(C)(NCc1ccc(C2CC2)cc1)c1nccs1. The van der Waals surface area contributed by atoms with Crippen LogP contribution >= 0.6 is 11.3 Å². The van der Waals surface area contributed by atoms with Crippen LogP contribution in [-0.2, 0) is 12.1 Å². The van der Waals surface area contributed by atoms with Crippen LogP contribution in [0.1, 0.15) is 48.7 Å². The first kappa shape index (κ1) is 12.8. The molecule has 1 heterocycles. The molecule has 2 nitrogen and oxygen atoms in total. The van der Waals surface area contributed by atoms with Crippen LogP contribution in [0.15, 0.2) is 35.8 Å². The molecule has 0 atom stereocenters. The molecule has 1 aliphatic rings. The molecule has 0 aliphatic heterocycles. The van der Waals surface area contributed by atoms with Gasteiger partial charge in [-0.15, -0.1) is 11.3 Å². The maximum atomic E-state index is 4.40. The van der Waals surface area contributed by atoms with E-state index in [1.54, 1.807) is 11.3 Å². The third kappa shape index (κ3) is 3.04. The maximum Gasteiger partial charge on any atom is 0.112 e. The largest absolute Gasteiger partial charge is 0.302 e. The molecule has 1 N–H and O–H groups in total. The third-order valence-electron chi connectivity index (χ3n) is 3.73. The molecule has 2 aromatic rings. The van der Waals surface area contributed by atoms with E-state index in [-0.39, 0.29) is 5.54 Å².